The van der Waals surface area contributed by atoms with Crippen molar-refractivity contribution in [2.75, 3.05) is 0 Å². The zero-order valence-corrected chi connectivity index (χ0v) is 13.8. The van der Waals surface area contributed by atoms with E-state index >= 15 is 0 Å². The lowest BCUT2D eigenvalue weighted by Gasteiger charge is -2.06. The van der Waals surface area contributed by atoms with Gasteiger partial charge in [0.15, 0.2) is 0 Å². The average Bonchev–Trinajstić information content (AvgIpc) is 2.40. The van der Waals surface area contributed by atoms with Crippen LogP contribution in [-0.4, -0.2) is 13.0 Å². The maximum atomic E-state index is 11.4. The summed E-state index contributed by atoms with van der Waals surface area (Å²) in [6, 6.07) is 8.40. The molecular formula is C16H18N2O3S. The van der Waals surface area contributed by atoms with Gasteiger partial charge in [-0.05, 0) is 68.1 Å². The van der Waals surface area contributed by atoms with Crippen molar-refractivity contribution < 1.29 is 13.0 Å². The molecule has 116 valence electrons. The molecule has 0 amide bonds. The quantitative estimate of drug-likeness (QED) is 0.664. The van der Waals surface area contributed by atoms with E-state index in [1.165, 1.54) is 6.07 Å². The van der Waals surface area contributed by atoms with Crippen LogP contribution in [0, 0.1) is 27.7 Å². The largest absolute Gasteiger partial charge is 0.296 e. The highest BCUT2D eigenvalue weighted by Crippen LogP contribution is 2.29. The van der Waals surface area contributed by atoms with E-state index in [2.05, 4.69) is 10.2 Å². The van der Waals surface area contributed by atoms with Gasteiger partial charge >= 0.3 is 0 Å². The first-order chi connectivity index (χ1) is 10.2. The van der Waals surface area contributed by atoms with Gasteiger partial charge in [0.1, 0.15) is 10.6 Å². The molecule has 0 heterocycles. The second kappa shape index (κ2) is 5.98. The summed E-state index contributed by atoms with van der Waals surface area (Å²) < 4.78 is 32.1. The van der Waals surface area contributed by atoms with Crippen molar-refractivity contribution in [3.8, 4) is 0 Å². The maximum absolute atomic E-state index is 11.4. The third-order valence-corrected chi connectivity index (χ3v) is 4.37. The number of nitrogens with zero attached hydrogens (tertiary/aromatic N) is 2. The molecule has 6 heteroatoms. The van der Waals surface area contributed by atoms with Gasteiger partial charge in [-0.3, -0.25) is 4.55 Å². The molecule has 2 aromatic rings. The Bertz CT molecular complexity index is 856. The molecule has 2 rings (SSSR count). The summed E-state index contributed by atoms with van der Waals surface area (Å²) in [4.78, 5) is -0.247. The molecule has 0 aliphatic heterocycles. The van der Waals surface area contributed by atoms with E-state index in [1.54, 1.807) is 12.1 Å². The smallest absolute Gasteiger partial charge is 0.282 e. The minimum Gasteiger partial charge on any atom is -0.282 e. The third-order valence-electron chi connectivity index (χ3n) is 3.47. The van der Waals surface area contributed by atoms with Crippen LogP contribution < -0.4 is 0 Å². The van der Waals surface area contributed by atoms with Gasteiger partial charge in [-0.1, -0.05) is 12.1 Å². The normalized spacial score (nSPS) is 12.0. The topological polar surface area (TPSA) is 79.1 Å². The van der Waals surface area contributed by atoms with Gasteiger partial charge in [-0.2, -0.15) is 13.5 Å². The van der Waals surface area contributed by atoms with Crippen molar-refractivity contribution in [1.29, 1.82) is 0 Å². The van der Waals surface area contributed by atoms with Gasteiger partial charge in [-0.25, -0.2) is 0 Å². The van der Waals surface area contributed by atoms with E-state index in [-0.39, 0.29) is 10.6 Å². The Kier molecular flexibility index (Phi) is 4.44. The van der Waals surface area contributed by atoms with E-state index < -0.39 is 10.1 Å². The number of hydrogen-bond acceptors (Lipinski definition) is 4. The van der Waals surface area contributed by atoms with Crippen molar-refractivity contribution in [2.24, 2.45) is 10.2 Å². The number of benzene rings is 2. The van der Waals surface area contributed by atoms with Crippen LogP contribution in [0.25, 0.3) is 0 Å². The van der Waals surface area contributed by atoms with Crippen molar-refractivity contribution in [3.05, 3.63) is 52.6 Å². The van der Waals surface area contributed by atoms with E-state index in [0.717, 1.165) is 22.3 Å². The summed E-state index contributed by atoms with van der Waals surface area (Å²) >= 11 is 0. The Morgan fingerprint density at radius 3 is 2.05 bits per heavy atom. The lowest BCUT2D eigenvalue weighted by atomic mass is 10.1. The summed E-state index contributed by atoms with van der Waals surface area (Å²) in [6.07, 6.45) is 0. The average molecular weight is 318 g/mol. The summed E-state index contributed by atoms with van der Waals surface area (Å²) in [6.45, 7) is 7.72. The minimum absolute atomic E-state index is 0.125. The van der Waals surface area contributed by atoms with Crippen LogP contribution in [0.15, 0.2) is 45.5 Å². The molecule has 0 radical (unpaired) electrons. The fraction of sp³-hybridized carbons (Fsp3) is 0.250. The van der Waals surface area contributed by atoms with Crippen molar-refractivity contribution in [3.63, 3.8) is 0 Å². The highest BCUT2D eigenvalue weighted by molar-refractivity contribution is 7.86. The first-order valence-corrected chi connectivity index (χ1v) is 8.20. The van der Waals surface area contributed by atoms with E-state index in [0.29, 0.717) is 5.69 Å². The molecule has 0 aliphatic rings. The van der Waals surface area contributed by atoms with Gasteiger partial charge < -0.3 is 0 Å². The van der Waals surface area contributed by atoms with Crippen LogP contribution >= 0.6 is 0 Å². The molecule has 0 aliphatic carbocycles. The predicted octanol–water partition coefficient (Wildman–Crippen LogP) is 4.58. The zero-order chi connectivity index (χ0) is 16.5. The molecule has 1 N–H and O–H groups in total. The van der Waals surface area contributed by atoms with Gasteiger partial charge in [0.2, 0.25) is 0 Å². The monoisotopic (exact) mass is 318 g/mol. The fourth-order valence-electron chi connectivity index (χ4n) is 2.08. The second-order valence-electron chi connectivity index (χ2n) is 5.37. The van der Waals surface area contributed by atoms with Gasteiger partial charge in [0.25, 0.3) is 10.1 Å². The highest BCUT2D eigenvalue weighted by atomic mass is 32.2. The zero-order valence-electron chi connectivity index (χ0n) is 13.0. The number of azo groups is 1. The van der Waals surface area contributed by atoms with Crippen molar-refractivity contribution >= 4 is 21.5 Å². The molecule has 5 nitrogen and oxygen atoms in total. The first kappa shape index (κ1) is 16.3. The van der Waals surface area contributed by atoms with Crippen molar-refractivity contribution in [2.45, 2.75) is 32.6 Å². The molecule has 0 spiro atoms. The van der Waals surface area contributed by atoms with Gasteiger partial charge in [0, 0.05) is 0 Å². The maximum Gasteiger partial charge on any atom is 0.296 e. The minimum atomic E-state index is -4.33. The van der Waals surface area contributed by atoms with E-state index in [9.17, 15) is 13.0 Å². The SMILES string of the molecule is Cc1ccc(S(=O)(=O)O)c(N=Nc2cc(C)c(C)cc2C)c1. The molecule has 0 bridgehead atoms. The van der Waals surface area contributed by atoms with Crippen LogP contribution in [0.1, 0.15) is 22.3 Å². The Hall–Kier alpha value is -2.05. The number of aryl methyl sites for hydroxylation is 4. The lowest BCUT2D eigenvalue weighted by molar-refractivity contribution is 0.483. The predicted molar refractivity (Wildman–Crippen MR) is 85.8 cm³/mol. The van der Waals surface area contributed by atoms with Gasteiger partial charge in [0.05, 0.1) is 5.69 Å². The summed E-state index contributed by atoms with van der Waals surface area (Å²) in [7, 11) is -4.33. The lowest BCUT2D eigenvalue weighted by Crippen LogP contribution is -1.98. The molecule has 0 aromatic heterocycles. The Morgan fingerprint density at radius 1 is 0.818 bits per heavy atom. The third kappa shape index (κ3) is 3.58. The Labute approximate surface area is 130 Å². The molecular weight excluding hydrogens is 300 g/mol. The molecule has 0 saturated heterocycles. The molecule has 0 atom stereocenters. The fourth-order valence-corrected chi connectivity index (χ4v) is 2.69. The molecule has 0 unspecified atom stereocenters. The van der Waals surface area contributed by atoms with Crippen LogP contribution in [0.5, 0.6) is 0 Å². The van der Waals surface area contributed by atoms with Crippen LogP contribution in [0.4, 0.5) is 11.4 Å². The van der Waals surface area contributed by atoms with E-state index in [1.807, 2.05) is 39.8 Å². The van der Waals surface area contributed by atoms with Crippen LogP contribution in [0.3, 0.4) is 0 Å². The standard InChI is InChI=1S/C16H18N2O3S/c1-10-5-6-16(22(19,20)21)15(7-10)18-17-14-9-12(3)11(2)8-13(14)4/h5-9H,1-4H3,(H,19,20,21). The summed E-state index contributed by atoms with van der Waals surface area (Å²) in [5.41, 5.74) is 4.82. The first-order valence-electron chi connectivity index (χ1n) is 6.76. The van der Waals surface area contributed by atoms with Crippen LogP contribution in [0.2, 0.25) is 0 Å². The highest BCUT2D eigenvalue weighted by Gasteiger charge is 2.15. The molecule has 2 aromatic carbocycles. The number of hydrogen-bond donors (Lipinski definition) is 1. The van der Waals surface area contributed by atoms with Gasteiger partial charge in [-0.15, -0.1) is 5.11 Å². The summed E-state index contributed by atoms with van der Waals surface area (Å²) in [5, 5.41) is 8.16. The number of rotatable bonds is 3. The molecule has 22 heavy (non-hydrogen) atoms. The molecule has 0 fully saturated rings. The summed E-state index contributed by atoms with van der Waals surface area (Å²) in [5.74, 6) is 0. The molecule has 0 saturated carbocycles. The van der Waals surface area contributed by atoms with Crippen molar-refractivity contribution in [1.82, 2.24) is 0 Å². The van der Waals surface area contributed by atoms with E-state index in [4.69, 9.17) is 0 Å². The Balaban J connectivity index is 2.51. The van der Waals surface area contributed by atoms with Crippen LogP contribution in [-0.2, 0) is 10.1 Å². The second-order valence-corrected chi connectivity index (χ2v) is 6.76. The Morgan fingerprint density at radius 2 is 1.41 bits per heavy atom.